The predicted octanol–water partition coefficient (Wildman–Crippen LogP) is 3.93. The van der Waals surface area contributed by atoms with E-state index in [2.05, 4.69) is 20.4 Å². The zero-order chi connectivity index (χ0) is 20.2. The van der Waals surface area contributed by atoms with Gasteiger partial charge in [0.05, 0.1) is 24.4 Å². The van der Waals surface area contributed by atoms with E-state index in [4.69, 9.17) is 14.0 Å². The summed E-state index contributed by atoms with van der Waals surface area (Å²) < 4.78 is 16.6. The van der Waals surface area contributed by atoms with E-state index in [0.717, 1.165) is 21.5 Å². The number of thiazole rings is 1. The van der Waals surface area contributed by atoms with Crippen molar-refractivity contribution in [2.45, 2.75) is 12.8 Å². The Balaban J connectivity index is 1.37. The fourth-order valence-corrected chi connectivity index (χ4v) is 3.59. The highest BCUT2D eigenvalue weighted by atomic mass is 32.1. The summed E-state index contributed by atoms with van der Waals surface area (Å²) in [5, 5.41) is 7.33. The van der Waals surface area contributed by atoms with Gasteiger partial charge in [-0.05, 0) is 24.3 Å². The smallest absolute Gasteiger partial charge is 0.227 e. The van der Waals surface area contributed by atoms with Gasteiger partial charge < -0.3 is 19.3 Å². The van der Waals surface area contributed by atoms with Gasteiger partial charge >= 0.3 is 0 Å². The topological polar surface area (TPSA) is 99.4 Å². The monoisotopic (exact) mass is 410 g/mol. The van der Waals surface area contributed by atoms with Crippen molar-refractivity contribution in [3.63, 3.8) is 0 Å². The second-order valence-electron chi connectivity index (χ2n) is 6.14. The number of hydrogen-bond donors (Lipinski definition) is 1. The maximum Gasteiger partial charge on any atom is 0.227 e. The highest BCUT2D eigenvalue weighted by molar-refractivity contribution is 7.22. The van der Waals surface area contributed by atoms with Crippen molar-refractivity contribution in [1.82, 2.24) is 15.1 Å². The molecule has 0 spiro atoms. The average molecular weight is 410 g/mol. The lowest BCUT2D eigenvalue weighted by molar-refractivity contribution is -0.116. The van der Waals surface area contributed by atoms with Gasteiger partial charge in [-0.3, -0.25) is 4.79 Å². The number of aromatic nitrogens is 3. The van der Waals surface area contributed by atoms with Crippen LogP contribution < -0.4 is 14.8 Å². The molecule has 4 rings (SSSR count). The average Bonchev–Trinajstić information content (AvgIpc) is 3.38. The minimum absolute atomic E-state index is 0.169. The fraction of sp³-hybridized carbons (Fsp3) is 0.200. The van der Waals surface area contributed by atoms with Crippen LogP contribution in [-0.2, 0) is 11.2 Å². The molecule has 2 heterocycles. The van der Waals surface area contributed by atoms with E-state index in [1.165, 1.54) is 11.3 Å². The molecule has 0 aliphatic heterocycles. The molecule has 1 N–H and O–H groups in total. The lowest BCUT2D eigenvalue weighted by Gasteiger charge is -2.00. The van der Waals surface area contributed by atoms with E-state index in [-0.39, 0.29) is 12.3 Å². The first-order valence-electron chi connectivity index (χ1n) is 8.86. The van der Waals surface area contributed by atoms with Crippen molar-refractivity contribution in [2.24, 2.45) is 0 Å². The van der Waals surface area contributed by atoms with Crippen molar-refractivity contribution < 1.29 is 18.8 Å². The van der Waals surface area contributed by atoms with Gasteiger partial charge in [0.25, 0.3) is 0 Å². The minimum atomic E-state index is -0.169. The van der Waals surface area contributed by atoms with Gasteiger partial charge in [0, 0.05) is 24.5 Å². The van der Waals surface area contributed by atoms with E-state index < -0.39 is 0 Å². The number of anilines is 1. The number of rotatable bonds is 7. The van der Waals surface area contributed by atoms with Crippen LogP contribution in [0, 0.1) is 0 Å². The van der Waals surface area contributed by atoms with Crippen molar-refractivity contribution >= 4 is 32.6 Å². The van der Waals surface area contributed by atoms with Crippen LogP contribution in [0.2, 0.25) is 0 Å². The highest BCUT2D eigenvalue weighted by Gasteiger charge is 2.13. The van der Waals surface area contributed by atoms with Gasteiger partial charge in [-0.1, -0.05) is 28.6 Å². The van der Waals surface area contributed by atoms with Gasteiger partial charge in [0.15, 0.2) is 5.13 Å². The lowest BCUT2D eigenvalue weighted by atomic mass is 10.2. The molecule has 148 valence electrons. The Hall–Kier alpha value is -3.46. The number of hydrogen-bond acceptors (Lipinski definition) is 8. The van der Waals surface area contributed by atoms with Gasteiger partial charge in [-0.2, -0.15) is 4.98 Å². The molecule has 0 bridgehead atoms. The molecule has 0 saturated heterocycles. The van der Waals surface area contributed by atoms with Crippen LogP contribution in [0.4, 0.5) is 5.13 Å². The Morgan fingerprint density at radius 3 is 2.76 bits per heavy atom. The predicted molar refractivity (Wildman–Crippen MR) is 109 cm³/mol. The summed E-state index contributed by atoms with van der Waals surface area (Å²) in [7, 11) is 3.20. The number of methoxy groups -OCH3 is 2. The summed E-state index contributed by atoms with van der Waals surface area (Å²) in [5.74, 6) is 2.12. The highest BCUT2D eigenvalue weighted by Crippen LogP contribution is 2.29. The molecule has 1 amide bonds. The Bertz CT molecular complexity index is 1150. The van der Waals surface area contributed by atoms with Crippen LogP contribution in [0.3, 0.4) is 0 Å². The normalized spacial score (nSPS) is 10.8. The quantitative estimate of drug-likeness (QED) is 0.493. The van der Waals surface area contributed by atoms with Crippen LogP contribution >= 0.6 is 11.3 Å². The van der Waals surface area contributed by atoms with E-state index >= 15 is 0 Å². The Kier molecular flexibility index (Phi) is 5.39. The Morgan fingerprint density at radius 2 is 1.93 bits per heavy atom. The standard InChI is InChI=1S/C20H18N4O4S/c1-26-13-5-3-4-12(10-13)19-23-18(28-24-19)9-8-17(25)22-20-21-15-11-14(27-2)6-7-16(15)29-20/h3-7,10-11H,8-9H2,1-2H3,(H,21,22,25). The molecule has 4 aromatic rings. The number of fused-ring (bicyclic) bond motifs is 1. The number of ether oxygens (including phenoxy) is 2. The number of carbonyl (C=O) groups excluding carboxylic acids is 1. The zero-order valence-corrected chi connectivity index (χ0v) is 16.7. The second kappa shape index (κ2) is 8.27. The Morgan fingerprint density at radius 1 is 1.10 bits per heavy atom. The summed E-state index contributed by atoms with van der Waals surface area (Å²) in [5.41, 5.74) is 1.57. The fourth-order valence-electron chi connectivity index (χ4n) is 2.73. The first-order chi connectivity index (χ1) is 14.1. The first-order valence-corrected chi connectivity index (χ1v) is 9.67. The SMILES string of the molecule is COc1cccc(-c2noc(CCC(=O)Nc3nc4cc(OC)ccc4s3)n2)c1. The number of aryl methyl sites for hydroxylation is 1. The summed E-state index contributed by atoms with van der Waals surface area (Å²) in [4.78, 5) is 21.0. The van der Waals surface area contributed by atoms with Crippen molar-refractivity contribution in [3.8, 4) is 22.9 Å². The Labute approximate surface area is 170 Å². The maximum absolute atomic E-state index is 12.3. The van der Waals surface area contributed by atoms with Crippen molar-refractivity contribution in [1.29, 1.82) is 0 Å². The molecule has 0 aliphatic carbocycles. The third-order valence-electron chi connectivity index (χ3n) is 4.20. The number of amides is 1. The van der Waals surface area contributed by atoms with E-state index in [1.54, 1.807) is 14.2 Å². The van der Waals surface area contributed by atoms with E-state index in [0.29, 0.717) is 29.0 Å². The number of benzene rings is 2. The first kappa shape index (κ1) is 18.9. The molecule has 29 heavy (non-hydrogen) atoms. The van der Waals surface area contributed by atoms with Gasteiger partial charge in [-0.25, -0.2) is 4.98 Å². The molecule has 0 saturated carbocycles. The van der Waals surface area contributed by atoms with E-state index in [9.17, 15) is 4.79 Å². The zero-order valence-electron chi connectivity index (χ0n) is 15.8. The molecule has 8 nitrogen and oxygen atoms in total. The van der Waals surface area contributed by atoms with Gasteiger partial charge in [0.1, 0.15) is 11.5 Å². The van der Waals surface area contributed by atoms with Crippen LogP contribution in [0.15, 0.2) is 47.0 Å². The molecule has 2 aromatic carbocycles. The summed E-state index contributed by atoms with van der Waals surface area (Å²) in [6, 6.07) is 13.0. The minimum Gasteiger partial charge on any atom is -0.497 e. The molecular weight excluding hydrogens is 392 g/mol. The largest absolute Gasteiger partial charge is 0.497 e. The van der Waals surface area contributed by atoms with Crippen molar-refractivity contribution in [2.75, 3.05) is 19.5 Å². The molecule has 0 unspecified atom stereocenters. The van der Waals surface area contributed by atoms with Gasteiger partial charge in [-0.15, -0.1) is 0 Å². The third-order valence-corrected chi connectivity index (χ3v) is 5.15. The van der Waals surface area contributed by atoms with E-state index in [1.807, 2.05) is 42.5 Å². The maximum atomic E-state index is 12.3. The van der Waals surface area contributed by atoms with Crippen LogP contribution in [0.1, 0.15) is 12.3 Å². The number of nitrogens with one attached hydrogen (secondary N) is 1. The molecule has 0 aliphatic rings. The number of nitrogens with zero attached hydrogens (tertiary/aromatic N) is 3. The molecule has 0 atom stereocenters. The third kappa shape index (κ3) is 4.35. The molecule has 2 aromatic heterocycles. The van der Waals surface area contributed by atoms with Gasteiger partial charge in [0.2, 0.25) is 17.6 Å². The number of carbonyl (C=O) groups is 1. The molecular formula is C20H18N4O4S. The van der Waals surface area contributed by atoms with Crippen LogP contribution in [0.5, 0.6) is 11.5 Å². The second-order valence-corrected chi connectivity index (χ2v) is 7.18. The summed E-state index contributed by atoms with van der Waals surface area (Å²) in [6.45, 7) is 0. The molecule has 9 heteroatoms. The van der Waals surface area contributed by atoms with Crippen LogP contribution in [0.25, 0.3) is 21.6 Å². The van der Waals surface area contributed by atoms with Crippen molar-refractivity contribution in [3.05, 3.63) is 48.4 Å². The summed E-state index contributed by atoms with van der Waals surface area (Å²) in [6.07, 6.45) is 0.542. The molecule has 0 radical (unpaired) electrons. The lowest BCUT2D eigenvalue weighted by Crippen LogP contribution is -2.12. The summed E-state index contributed by atoms with van der Waals surface area (Å²) >= 11 is 1.41. The van der Waals surface area contributed by atoms with Crippen LogP contribution in [-0.4, -0.2) is 35.3 Å². The molecule has 0 fully saturated rings.